The van der Waals surface area contributed by atoms with Crippen LogP contribution in [-0.4, -0.2) is 48.1 Å². The van der Waals surface area contributed by atoms with Crippen LogP contribution in [0.15, 0.2) is 12.4 Å². The maximum Gasteiger partial charge on any atom is 0.214 e. The number of imidazole rings is 1. The van der Waals surface area contributed by atoms with Crippen LogP contribution < -0.4 is 5.32 Å². The van der Waals surface area contributed by atoms with Crippen LogP contribution in [0, 0.1) is 0 Å². The first-order chi connectivity index (χ1) is 9.08. The third kappa shape index (κ3) is 4.29. The molecular weight excluding hydrogens is 264 g/mol. The average Bonchev–Trinajstić information content (AvgIpc) is 2.90. The molecule has 7 heteroatoms. The molecule has 0 spiro atoms. The van der Waals surface area contributed by atoms with Crippen molar-refractivity contribution in [3.8, 4) is 0 Å². The molecule has 1 saturated heterocycles. The summed E-state index contributed by atoms with van der Waals surface area (Å²) in [4.78, 5) is 6.96. The van der Waals surface area contributed by atoms with Gasteiger partial charge in [-0.05, 0) is 25.8 Å². The Kier molecular flexibility index (Phi) is 4.95. The first-order valence-corrected chi connectivity index (χ1v) is 8.34. The van der Waals surface area contributed by atoms with Gasteiger partial charge in [0.1, 0.15) is 5.82 Å². The zero-order valence-corrected chi connectivity index (χ0v) is 12.1. The van der Waals surface area contributed by atoms with Crippen LogP contribution in [0.1, 0.15) is 31.5 Å². The summed E-state index contributed by atoms with van der Waals surface area (Å²) in [5.41, 5.74) is 0. The van der Waals surface area contributed by atoms with Gasteiger partial charge >= 0.3 is 0 Å². The Morgan fingerprint density at radius 1 is 1.47 bits per heavy atom. The number of nitrogens with one attached hydrogen (secondary N) is 2. The molecule has 0 aliphatic carbocycles. The molecule has 0 saturated carbocycles. The van der Waals surface area contributed by atoms with Crippen molar-refractivity contribution < 1.29 is 8.42 Å². The number of sulfonamides is 1. The maximum absolute atomic E-state index is 12.2. The minimum absolute atomic E-state index is 0.196. The van der Waals surface area contributed by atoms with Crippen molar-refractivity contribution >= 4 is 10.0 Å². The zero-order chi connectivity index (χ0) is 13.7. The second kappa shape index (κ2) is 6.49. The van der Waals surface area contributed by atoms with Crippen LogP contribution in [-0.2, 0) is 16.6 Å². The van der Waals surface area contributed by atoms with Gasteiger partial charge in [-0.2, -0.15) is 4.31 Å². The number of aromatic amines is 1. The molecule has 0 aromatic carbocycles. The lowest BCUT2D eigenvalue weighted by molar-refractivity contribution is 0.387. The lowest BCUT2D eigenvalue weighted by atomic mass is 10.0. The smallest absolute Gasteiger partial charge is 0.214 e. The number of hydrogen-bond donors (Lipinski definition) is 2. The van der Waals surface area contributed by atoms with Gasteiger partial charge in [0, 0.05) is 25.5 Å². The van der Waals surface area contributed by atoms with Crippen molar-refractivity contribution in [2.24, 2.45) is 0 Å². The first kappa shape index (κ1) is 14.5. The van der Waals surface area contributed by atoms with Gasteiger partial charge in [-0.25, -0.2) is 13.4 Å². The molecule has 0 amide bonds. The van der Waals surface area contributed by atoms with E-state index in [0.29, 0.717) is 24.8 Å². The first-order valence-electron chi connectivity index (χ1n) is 6.73. The molecular formula is C12H22N4O2S. The lowest BCUT2D eigenvalue weighted by Gasteiger charge is -2.24. The Morgan fingerprint density at radius 3 is 2.95 bits per heavy atom. The standard InChI is InChI=1S/C12H22N4O2S/c1-16(10-12-14-7-8-15-12)19(17,18)9-5-11-4-2-3-6-13-11/h7-8,11,13H,2-6,9-10H2,1H3,(H,14,15). The predicted octanol–water partition coefficient (Wildman–Crippen LogP) is 0.703. The fourth-order valence-electron chi connectivity index (χ4n) is 2.31. The van der Waals surface area contributed by atoms with E-state index in [1.165, 1.54) is 17.1 Å². The number of hydrogen-bond acceptors (Lipinski definition) is 4. The Bertz CT molecular complexity index is 466. The van der Waals surface area contributed by atoms with E-state index in [4.69, 9.17) is 0 Å². The molecule has 0 radical (unpaired) electrons. The molecule has 19 heavy (non-hydrogen) atoms. The molecule has 6 nitrogen and oxygen atoms in total. The number of aromatic nitrogens is 2. The van der Waals surface area contributed by atoms with E-state index in [1.807, 2.05) is 0 Å². The highest BCUT2D eigenvalue weighted by molar-refractivity contribution is 7.89. The van der Waals surface area contributed by atoms with Gasteiger partial charge in [0.05, 0.1) is 12.3 Å². The second-order valence-corrected chi connectivity index (χ2v) is 7.24. The third-order valence-corrected chi connectivity index (χ3v) is 5.37. The minimum Gasteiger partial charge on any atom is -0.347 e. The summed E-state index contributed by atoms with van der Waals surface area (Å²) in [6.45, 7) is 1.31. The van der Waals surface area contributed by atoms with Crippen molar-refractivity contribution in [3.63, 3.8) is 0 Å². The minimum atomic E-state index is -3.20. The Morgan fingerprint density at radius 2 is 2.32 bits per heavy atom. The quantitative estimate of drug-likeness (QED) is 0.807. The number of piperidine rings is 1. The Hall–Kier alpha value is -0.920. The van der Waals surface area contributed by atoms with Crippen molar-refractivity contribution in [2.45, 2.75) is 38.3 Å². The third-order valence-electron chi connectivity index (χ3n) is 3.54. The van der Waals surface area contributed by atoms with Crippen LogP contribution in [0.25, 0.3) is 0 Å². The highest BCUT2D eigenvalue weighted by atomic mass is 32.2. The van der Waals surface area contributed by atoms with Crippen LogP contribution >= 0.6 is 0 Å². The van der Waals surface area contributed by atoms with Crippen molar-refractivity contribution in [1.29, 1.82) is 0 Å². The summed E-state index contributed by atoms with van der Waals surface area (Å²) < 4.78 is 25.7. The molecule has 1 unspecified atom stereocenters. The monoisotopic (exact) mass is 286 g/mol. The lowest BCUT2D eigenvalue weighted by Crippen LogP contribution is -2.37. The molecule has 1 aromatic heterocycles. The maximum atomic E-state index is 12.2. The van der Waals surface area contributed by atoms with Gasteiger partial charge in [0.2, 0.25) is 10.0 Å². The molecule has 0 bridgehead atoms. The van der Waals surface area contributed by atoms with Crippen LogP contribution in [0.3, 0.4) is 0 Å². The molecule has 1 atom stereocenters. The van der Waals surface area contributed by atoms with Gasteiger partial charge in [-0.3, -0.25) is 0 Å². The summed E-state index contributed by atoms with van der Waals surface area (Å²) in [6, 6.07) is 0.348. The van der Waals surface area contributed by atoms with E-state index in [2.05, 4.69) is 15.3 Å². The SMILES string of the molecule is CN(Cc1ncc[nH]1)S(=O)(=O)CCC1CCCCN1. The van der Waals surface area contributed by atoms with E-state index in [0.717, 1.165) is 13.0 Å². The highest BCUT2D eigenvalue weighted by Gasteiger charge is 2.21. The average molecular weight is 286 g/mol. The fraction of sp³-hybridized carbons (Fsp3) is 0.750. The molecule has 1 aliphatic heterocycles. The summed E-state index contributed by atoms with van der Waals surface area (Å²) in [5, 5.41) is 3.37. The topological polar surface area (TPSA) is 78.1 Å². The summed E-state index contributed by atoms with van der Waals surface area (Å²) in [6.07, 6.45) is 7.48. The normalized spacial score (nSPS) is 20.8. The van der Waals surface area contributed by atoms with Crippen LogP contribution in [0.4, 0.5) is 0 Å². The number of nitrogens with zero attached hydrogens (tertiary/aromatic N) is 2. The van der Waals surface area contributed by atoms with E-state index in [9.17, 15) is 8.42 Å². The van der Waals surface area contributed by atoms with E-state index in [-0.39, 0.29) is 5.75 Å². The predicted molar refractivity (Wildman–Crippen MR) is 74.1 cm³/mol. The molecule has 2 heterocycles. The second-order valence-electron chi connectivity index (χ2n) is 5.04. The van der Waals surface area contributed by atoms with Crippen molar-refractivity contribution in [2.75, 3.05) is 19.3 Å². The molecule has 1 aromatic rings. The van der Waals surface area contributed by atoms with Crippen LogP contribution in [0.2, 0.25) is 0 Å². The van der Waals surface area contributed by atoms with Gasteiger partial charge < -0.3 is 10.3 Å². The van der Waals surface area contributed by atoms with Crippen molar-refractivity contribution in [1.82, 2.24) is 19.6 Å². The molecule has 2 rings (SSSR count). The number of rotatable bonds is 6. The van der Waals surface area contributed by atoms with E-state index in [1.54, 1.807) is 19.4 Å². The fourth-order valence-corrected chi connectivity index (χ4v) is 3.52. The Labute approximate surface area is 114 Å². The molecule has 1 fully saturated rings. The van der Waals surface area contributed by atoms with Gasteiger partial charge in [0.15, 0.2) is 0 Å². The van der Waals surface area contributed by atoms with Crippen molar-refractivity contribution in [3.05, 3.63) is 18.2 Å². The van der Waals surface area contributed by atoms with Crippen LogP contribution in [0.5, 0.6) is 0 Å². The number of H-pyrrole nitrogens is 1. The zero-order valence-electron chi connectivity index (χ0n) is 11.3. The van der Waals surface area contributed by atoms with E-state index >= 15 is 0 Å². The van der Waals surface area contributed by atoms with Gasteiger partial charge in [-0.1, -0.05) is 6.42 Å². The highest BCUT2D eigenvalue weighted by Crippen LogP contribution is 2.13. The molecule has 1 aliphatic rings. The van der Waals surface area contributed by atoms with E-state index < -0.39 is 10.0 Å². The summed E-state index contributed by atoms with van der Waals surface area (Å²) >= 11 is 0. The van der Waals surface area contributed by atoms with Gasteiger partial charge in [-0.15, -0.1) is 0 Å². The summed E-state index contributed by atoms with van der Waals surface area (Å²) in [7, 11) is -1.60. The molecule has 108 valence electrons. The van der Waals surface area contributed by atoms with Gasteiger partial charge in [0.25, 0.3) is 0 Å². The Balaban J connectivity index is 1.83. The molecule has 2 N–H and O–H groups in total. The largest absolute Gasteiger partial charge is 0.347 e. The summed E-state index contributed by atoms with van der Waals surface area (Å²) in [5.74, 6) is 0.865.